The molecule has 1 unspecified atom stereocenters. The first-order valence-electron chi connectivity index (χ1n) is 6.42. The van der Waals surface area contributed by atoms with Gasteiger partial charge in [0.05, 0.1) is 13.2 Å². The lowest BCUT2D eigenvalue weighted by Crippen LogP contribution is -2.12. The minimum absolute atomic E-state index is 0.447. The van der Waals surface area contributed by atoms with Crippen LogP contribution in [0.15, 0.2) is 46.9 Å². The van der Waals surface area contributed by atoms with Crippen molar-refractivity contribution < 1.29 is 9.84 Å². The monoisotopic (exact) mass is 335 g/mol. The molecule has 3 nitrogen and oxygen atoms in total. The van der Waals surface area contributed by atoms with Gasteiger partial charge in [-0.3, -0.25) is 0 Å². The highest BCUT2D eigenvalue weighted by Gasteiger charge is 2.08. The highest BCUT2D eigenvalue weighted by Crippen LogP contribution is 2.23. The van der Waals surface area contributed by atoms with E-state index < -0.39 is 6.10 Å². The van der Waals surface area contributed by atoms with Gasteiger partial charge in [0.1, 0.15) is 5.75 Å². The van der Waals surface area contributed by atoms with Crippen molar-refractivity contribution in [2.45, 2.75) is 13.0 Å². The molecule has 0 radical (unpaired) electrons. The van der Waals surface area contributed by atoms with E-state index in [0.717, 1.165) is 21.5 Å². The third-order valence-corrected chi connectivity index (χ3v) is 4.00. The molecule has 0 aliphatic rings. The van der Waals surface area contributed by atoms with E-state index in [-0.39, 0.29) is 0 Å². The van der Waals surface area contributed by atoms with Crippen LogP contribution in [-0.2, 0) is 0 Å². The number of anilines is 1. The topological polar surface area (TPSA) is 41.5 Å². The number of halogens is 1. The molecule has 106 valence electrons. The van der Waals surface area contributed by atoms with Crippen molar-refractivity contribution in [3.05, 3.63) is 58.1 Å². The second-order valence-corrected chi connectivity index (χ2v) is 5.49. The fourth-order valence-electron chi connectivity index (χ4n) is 1.88. The third-order valence-electron chi connectivity index (χ3n) is 3.15. The van der Waals surface area contributed by atoms with Gasteiger partial charge in [-0.1, -0.05) is 34.1 Å². The van der Waals surface area contributed by atoms with E-state index in [1.807, 2.05) is 49.4 Å². The van der Waals surface area contributed by atoms with Crippen molar-refractivity contribution in [1.82, 2.24) is 0 Å². The van der Waals surface area contributed by atoms with Crippen LogP contribution in [0.25, 0.3) is 0 Å². The van der Waals surface area contributed by atoms with Crippen LogP contribution >= 0.6 is 15.9 Å². The van der Waals surface area contributed by atoms with Crippen molar-refractivity contribution >= 4 is 21.6 Å². The van der Waals surface area contributed by atoms with Gasteiger partial charge < -0.3 is 15.2 Å². The van der Waals surface area contributed by atoms with Crippen molar-refractivity contribution in [3.63, 3.8) is 0 Å². The van der Waals surface area contributed by atoms with Gasteiger partial charge in [-0.15, -0.1) is 0 Å². The first kappa shape index (κ1) is 14.9. The maximum Gasteiger partial charge on any atom is 0.119 e. The predicted molar refractivity (Wildman–Crippen MR) is 85.3 cm³/mol. The highest BCUT2D eigenvalue weighted by molar-refractivity contribution is 9.10. The molecule has 1 atom stereocenters. The number of hydrogen-bond donors (Lipinski definition) is 2. The normalized spacial score (nSPS) is 12.0. The molecule has 0 aliphatic heterocycles. The van der Waals surface area contributed by atoms with E-state index in [1.165, 1.54) is 5.56 Å². The Balaban J connectivity index is 2.00. The number of hydrogen-bond acceptors (Lipinski definition) is 3. The van der Waals surface area contributed by atoms with E-state index >= 15 is 0 Å². The van der Waals surface area contributed by atoms with Crippen LogP contribution in [0.4, 0.5) is 5.69 Å². The molecule has 0 saturated carbocycles. The Hall–Kier alpha value is -1.52. The predicted octanol–water partition coefficient (Wildman–Crippen LogP) is 3.91. The van der Waals surface area contributed by atoms with E-state index in [9.17, 15) is 5.11 Å². The lowest BCUT2D eigenvalue weighted by molar-refractivity contribution is 0.191. The molecule has 0 saturated heterocycles. The van der Waals surface area contributed by atoms with E-state index in [1.54, 1.807) is 7.11 Å². The Labute approximate surface area is 127 Å². The Morgan fingerprint density at radius 1 is 1.25 bits per heavy atom. The largest absolute Gasteiger partial charge is 0.497 e. The minimum atomic E-state index is -0.579. The van der Waals surface area contributed by atoms with Gasteiger partial charge in [-0.05, 0) is 42.3 Å². The SMILES string of the molecule is COc1cccc(C(O)CNc2ccc(C)c(Br)c2)c1. The number of rotatable bonds is 5. The number of aliphatic hydroxyl groups is 1. The van der Waals surface area contributed by atoms with Gasteiger partial charge in [-0.25, -0.2) is 0 Å². The van der Waals surface area contributed by atoms with E-state index in [4.69, 9.17) is 4.74 Å². The molecule has 0 aliphatic carbocycles. The zero-order valence-corrected chi connectivity index (χ0v) is 13.1. The minimum Gasteiger partial charge on any atom is -0.497 e. The number of methoxy groups -OCH3 is 1. The van der Waals surface area contributed by atoms with Crippen molar-refractivity contribution in [2.24, 2.45) is 0 Å². The van der Waals surface area contributed by atoms with Crippen LogP contribution in [0, 0.1) is 6.92 Å². The summed E-state index contributed by atoms with van der Waals surface area (Å²) in [5, 5.41) is 13.4. The summed E-state index contributed by atoms with van der Waals surface area (Å²) in [6, 6.07) is 13.5. The molecule has 2 rings (SSSR count). The lowest BCUT2D eigenvalue weighted by atomic mass is 10.1. The average Bonchev–Trinajstić information content (AvgIpc) is 2.48. The smallest absolute Gasteiger partial charge is 0.119 e. The standard InChI is InChI=1S/C16H18BrNO2/c1-11-6-7-13(9-15(11)17)18-10-16(19)12-4-3-5-14(8-12)20-2/h3-9,16,18-19H,10H2,1-2H3. The zero-order chi connectivity index (χ0) is 14.5. The summed E-state index contributed by atoms with van der Waals surface area (Å²) in [6.45, 7) is 2.49. The van der Waals surface area contributed by atoms with Gasteiger partial charge >= 0.3 is 0 Å². The van der Waals surface area contributed by atoms with Gasteiger partial charge in [0.15, 0.2) is 0 Å². The fourth-order valence-corrected chi connectivity index (χ4v) is 2.26. The van der Waals surface area contributed by atoms with Crippen LogP contribution in [0.1, 0.15) is 17.2 Å². The molecule has 0 fully saturated rings. The Morgan fingerprint density at radius 2 is 2.05 bits per heavy atom. The summed E-state index contributed by atoms with van der Waals surface area (Å²) in [7, 11) is 1.62. The average molecular weight is 336 g/mol. The third kappa shape index (κ3) is 3.74. The molecular weight excluding hydrogens is 318 g/mol. The Kier molecular flexibility index (Phi) is 5.04. The van der Waals surface area contributed by atoms with Crippen LogP contribution < -0.4 is 10.1 Å². The van der Waals surface area contributed by atoms with E-state index in [2.05, 4.69) is 21.2 Å². The number of aryl methyl sites for hydroxylation is 1. The molecule has 20 heavy (non-hydrogen) atoms. The second kappa shape index (κ2) is 6.77. The Bertz CT molecular complexity index is 586. The molecule has 2 N–H and O–H groups in total. The number of nitrogens with one attached hydrogen (secondary N) is 1. The van der Waals surface area contributed by atoms with Gasteiger partial charge in [-0.2, -0.15) is 0 Å². The van der Waals surface area contributed by atoms with Gasteiger partial charge in [0, 0.05) is 16.7 Å². The highest BCUT2D eigenvalue weighted by atomic mass is 79.9. The first-order valence-corrected chi connectivity index (χ1v) is 7.21. The molecular formula is C16H18BrNO2. The molecule has 2 aromatic rings. The van der Waals surface area contributed by atoms with Crippen molar-refractivity contribution in [1.29, 1.82) is 0 Å². The molecule has 0 amide bonds. The molecule has 0 bridgehead atoms. The number of ether oxygens (including phenoxy) is 1. The quantitative estimate of drug-likeness (QED) is 0.870. The van der Waals surface area contributed by atoms with Crippen LogP contribution in [0.3, 0.4) is 0 Å². The van der Waals surface area contributed by atoms with E-state index in [0.29, 0.717) is 6.54 Å². The number of benzene rings is 2. The molecule has 2 aromatic carbocycles. The van der Waals surface area contributed by atoms with Crippen LogP contribution in [-0.4, -0.2) is 18.8 Å². The second-order valence-electron chi connectivity index (χ2n) is 4.64. The van der Waals surface area contributed by atoms with Gasteiger partial charge in [0.25, 0.3) is 0 Å². The van der Waals surface area contributed by atoms with Crippen LogP contribution in [0.2, 0.25) is 0 Å². The van der Waals surface area contributed by atoms with Crippen molar-refractivity contribution in [3.8, 4) is 5.75 Å². The Morgan fingerprint density at radius 3 is 2.75 bits per heavy atom. The maximum atomic E-state index is 10.2. The van der Waals surface area contributed by atoms with Gasteiger partial charge in [0.2, 0.25) is 0 Å². The summed E-state index contributed by atoms with van der Waals surface area (Å²) < 4.78 is 6.21. The molecule has 4 heteroatoms. The molecule has 0 aromatic heterocycles. The molecule has 0 spiro atoms. The summed E-state index contributed by atoms with van der Waals surface area (Å²) in [4.78, 5) is 0. The maximum absolute atomic E-state index is 10.2. The number of aliphatic hydroxyl groups excluding tert-OH is 1. The zero-order valence-electron chi connectivity index (χ0n) is 11.6. The summed E-state index contributed by atoms with van der Waals surface area (Å²) in [6.07, 6.45) is -0.579. The summed E-state index contributed by atoms with van der Waals surface area (Å²) in [5.74, 6) is 0.750. The van der Waals surface area contributed by atoms with Crippen LogP contribution in [0.5, 0.6) is 5.75 Å². The first-order chi connectivity index (χ1) is 9.60. The summed E-state index contributed by atoms with van der Waals surface area (Å²) in [5.41, 5.74) is 3.00. The van der Waals surface area contributed by atoms with Crippen molar-refractivity contribution in [2.75, 3.05) is 19.0 Å². The summed E-state index contributed by atoms with van der Waals surface area (Å²) >= 11 is 3.50. The fraction of sp³-hybridized carbons (Fsp3) is 0.250. The lowest BCUT2D eigenvalue weighted by Gasteiger charge is -2.14. The molecule has 0 heterocycles.